The Morgan fingerprint density at radius 1 is 0.792 bits per heavy atom. The minimum Gasteiger partial charge on any atom is -0.497 e. The molecule has 0 radical (unpaired) electrons. The van der Waals surface area contributed by atoms with Gasteiger partial charge in [-0.2, -0.15) is 0 Å². The average molecular weight is 431 g/mol. The predicted octanol–water partition coefficient (Wildman–Crippen LogP) is 5.26. The smallest absolute Gasteiger partial charge is 0.119 e. The maximum atomic E-state index is 9.26. The van der Waals surface area contributed by atoms with E-state index in [4.69, 9.17) is 4.74 Å². The molecule has 0 atom stereocenters. The lowest BCUT2D eigenvalue weighted by Gasteiger charge is -2.25. The summed E-state index contributed by atoms with van der Waals surface area (Å²) in [4.78, 5) is 2.18. The quantitative estimate of drug-likeness (QED) is 0.560. The highest BCUT2D eigenvalue weighted by Crippen LogP contribution is 2.35. The lowest BCUT2D eigenvalue weighted by atomic mass is 10.1. The molecular formula is C20H18INO2. The second kappa shape index (κ2) is 7.68. The SMILES string of the molecule is COc1ccc(N(c2ccc(I)cc2)c2ccc(CO)cc2)cc1. The van der Waals surface area contributed by atoms with Crippen LogP contribution in [0.15, 0.2) is 72.8 Å². The Morgan fingerprint density at radius 3 is 1.71 bits per heavy atom. The van der Waals surface area contributed by atoms with Gasteiger partial charge in [0.05, 0.1) is 13.7 Å². The number of halogens is 1. The molecule has 0 aliphatic carbocycles. The highest BCUT2D eigenvalue weighted by atomic mass is 127. The summed E-state index contributed by atoms with van der Waals surface area (Å²) in [5.74, 6) is 0.830. The van der Waals surface area contributed by atoms with E-state index in [1.807, 2.05) is 48.5 Å². The van der Waals surface area contributed by atoms with Crippen LogP contribution in [0.1, 0.15) is 5.56 Å². The van der Waals surface area contributed by atoms with Crippen LogP contribution in [0.2, 0.25) is 0 Å². The number of benzene rings is 3. The van der Waals surface area contributed by atoms with Crippen molar-refractivity contribution in [1.29, 1.82) is 0 Å². The van der Waals surface area contributed by atoms with Gasteiger partial charge < -0.3 is 14.7 Å². The van der Waals surface area contributed by atoms with Gasteiger partial charge in [0.2, 0.25) is 0 Å². The number of anilines is 3. The molecule has 0 aromatic heterocycles. The van der Waals surface area contributed by atoms with E-state index in [9.17, 15) is 5.11 Å². The van der Waals surface area contributed by atoms with Gasteiger partial charge in [0.15, 0.2) is 0 Å². The zero-order valence-corrected chi connectivity index (χ0v) is 15.5. The zero-order chi connectivity index (χ0) is 16.9. The molecule has 3 nitrogen and oxygen atoms in total. The van der Waals surface area contributed by atoms with Crippen molar-refractivity contribution < 1.29 is 9.84 Å². The molecule has 3 rings (SSSR count). The Hall–Kier alpha value is -2.05. The topological polar surface area (TPSA) is 32.7 Å². The molecule has 4 heteroatoms. The van der Waals surface area contributed by atoms with E-state index in [1.165, 1.54) is 3.57 Å². The van der Waals surface area contributed by atoms with E-state index in [1.54, 1.807) is 7.11 Å². The largest absolute Gasteiger partial charge is 0.497 e. The van der Waals surface area contributed by atoms with E-state index in [2.05, 4.69) is 51.8 Å². The van der Waals surface area contributed by atoms with Crippen molar-refractivity contribution in [2.45, 2.75) is 6.61 Å². The van der Waals surface area contributed by atoms with Crippen LogP contribution in [0.25, 0.3) is 0 Å². The van der Waals surface area contributed by atoms with Gasteiger partial charge in [-0.25, -0.2) is 0 Å². The molecule has 3 aromatic carbocycles. The fourth-order valence-electron chi connectivity index (χ4n) is 2.52. The van der Waals surface area contributed by atoms with Crippen molar-refractivity contribution in [3.8, 4) is 5.75 Å². The van der Waals surface area contributed by atoms with Crippen LogP contribution in [0.5, 0.6) is 5.75 Å². The van der Waals surface area contributed by atoms with Gasteiger partial charge in [0, 0.05) is 20.6 Å². The maximum Gasteiger partial charge on any atom is 0.119 e. The molecule has 0 amide bonds. The van der Waals surface area contributed by atoms with Crippen molar-refractivity contribution in [2.75, 3.05) is 12.0 Å². The summed E-state index contributed by atoms with van der Waals surface area (Å²) in [6, 6.07) is 24.3. The first kappa shape index (κ1) is 16.8. The number of hydrogen-bond donors (Lipinski definition) is 1. The molecule has 0 unspecified atom stereocenters. The normalized spacial score (nSPS) is 10.5. The van der Waals surface area contributed by atoms with Gasteiger partial charge in [-0.3, -0.25) is 0 Å². The van der Waals surface area contributed by atoms with Crippen molar-refractivity contribution in [3.63, 3.8) is 0 Å². The number of aliphatic hydroxyl groups is 1. The maximum absolute atomic E-state index is 9.26. The summed E-state index contributed by atoms with van der Waals surface area (Å²) in [6.07, 6.45) is 0. The number of hydrogen-bond acceptors (Lipinski definition) is 3. The van der Waals surface area contributed by atoms with Gasteiger partial charge >= 0.3 is 0 Å². The molecular weight excluding hydrogens is 413 g/mol. The van der Waals surface area contributed by atoms with Crippen LogP contribution in [-0.2, 0) is 6.61 Å². The number of aliphatic hydroxyl groups excluding tert-OH is 1. The van der Waals surface area contributed by atoms with E-state index in [0.29, 0.717) is 0 Å². The first-order chi connectivity index (χ1) is 11.7. The molecule has 0 saturated carbocycles. The molecule has 3 aromatic rings. The van der Waals surface area contributed by atoms with Crippen LogP contribution in [-0.4, -0.2) is 12.2 Å². The molecule has 122 valence electrons. The van der Waals surface area contributed by atoms with Crippen molar-refractivity contribution >= 4 is 39.7 Å². The van der Waals surface area contributed by atoms with Crippen molar-refractivity contribution in [1.82, 2.24) is 0 Å². The summed E-state index contributed by atoms with van der Waals surface area (Å²) in [5.41, 5.74) is 4.07. The number of nitrogens with zero attached hydrogens (tertiary/aromatic N) is 1. The van der Waals surface area contributed by atoms with E-state index in [0.717, 1.165) is 28.4 Å². The Bertz CT molecular complexity index is 736. The Balaban J connectivity index is 2.06. The van der Waals surface area contributed by atoms with Crippen molar-refractivity contribution in [3.05, 3.63) is 81.9 Å². The Labute approximate surface area is 155 Å². The summed E-state index contributed by atoms with van der Waals surface area (Å²) in [7, 11) is 1.67. The number of methoxy groups -OCH3 is 1. The van der Waals surface area contributed by atoms with Crippen LogP contribution in [0, 0.1) is 3.57 Å². The molecule has 0 aliphatic rings. The third-order valence-corrected chi connectivity index (χ3v) is 4.51. The first-order valence-electron chi connectivity index (χ1n) is 7.61. The van der Waals surface area contributed by atoms with Gasteiger partial charge in [-0.15, -0.1) is 0 Å². The first-order valence-corrected chi connectivity index (χ1v) is 8.68. The highest BCUT2D eigenvalue weighted by molar-refractivity contribution is 14.1. The number of rotatable bonds is 5. The summed E-state index contributed by atoms with van der Waals surface area (Å²) < 4.78 is 6.46. The fraction of sp³-hybridized carbons (Fsp3) is 0.100. The minimum absolute atomic E-state index is 0.0480. The third-order valence-electron chi connectivity index (χ3n) is 3.79. The summed E-state index contributed by atoms with van der Waals surface area (Å²) in [5, 5.41) is 9.26. The summed E-state index contributed by atoms with van der Waals surface area (Å²) >= 11 is 2.31. The van der Waals surface area contributed by atoms with Crippen LogP contribution < -0.4 is 9.64 Å². The molecule has 0 bridgehead atoms. The molecule has 0 fully saturated rings. The van der Waals surface area contributed by atoms with E-state index in [-0.39, 0.29) is 6.61 Å². The second-order valence-electron chi connectivity index (χ2n) is 5.33. The van der Waals surface area contributed by atoms with Crippen LogP contribution in [0.4, 0.5) is 17.1 Å². The molecule has 0 spiro atoms. The Kier molecular flexibility index (Phi) is 5.37. The van der Waals surface area contributed by atoms with Crippen molar-refractivity contribution in [2.24, 2.45) is 0 Å². The minimum atomic E-state index is 0.0480. The van der Waals surface area contributed by atoms with Gasteiger partial charge in [-0.05, 0) is 88.8 Å². The standard InChI is InChI=1S/C20H18INO2/c1-24-20-12-10-19(11-13-20)22(18-8-4-16(21)5-9-18)17-6-2-15(14-23)3-7-17/h2-13,23H,14H2,1H3. The van der Waals surface area contributed by atoms with Gasteiger partial charge in [0.1, 0.15) is 5.75 Å². The second-order valence-corrected chi connectivity index (χ2v) is 6.58. The lowest BCUT2D eigenvalue weighted by molar-refractivity contribution is 0.282. The van der Waals surface area contributed by atoms with Gasteiger partial charge in [0.25, 0.3) is 0 Å². The van der Waals surface area contributed by atoms with Crippen LogP contribution in [0.3, 0.4) is 0 Å². The molecule has 1 N–H and O–H groups in total. The average Bonchev–Trinajstić information content (AvgIpc) is 2.64. The Morgan fingerprint density at radius 2 is 1.25 bits per heavy atom. The monoisotopic (exact) mass is 431 g/mol. The molecule has 0 aliphatic heterocycles. The number of ether oxygens (including phenoxy) is 1. The molecule has 0 heterocycles. The molecule has 24 heavy (non-hydrogen) atoms. The zero-order valence-electron chi connectivity index (χ0n) is 13.3. The summed E-state index contributed by atoms with van der Waals surface area (Å²) in [6.45, 7) is 0.0480. The highest BCUT2D eigenvalue weighted by Gasteiger charge is 2.12. The van der Waals surface area contributed by atoms with E-state index < -0.39 is 0 Å². The predicted molar refractivity (Wildman–Crippen MR) is 106 cm³/mol. The lowest BCUT2D eigenvalue weighted by Crippen LogP contribution is -2.10. The molecule has 0 saturated heterocycles. The van der Waals surface area contributed by atoms with Crippen LogP contribution >= 0.6 is 22.6 Å². The third kappa shape index (κ3) is 3.71. The fourth-order valence-corrected chi connectivity index (χ4v) is 2.88. The van der Waals surface area contributed by atoms with E-state index >= 15 is 0 Å². The van der Waals surface area contributed by atoms with Gasteiger partial charge in [-0.1, -0.05) is 12.1 Å².